The third kappa shape index (κ3) is 5.05. The van der Waals surface area contributed by atoms with Gasteiger partial charge in [-0.05, 0) is 30.4 Å². The maximum Gasteiger partial charge on any atom is 0.257 e. The van der Waals surface area contributed by atoms with Gasteiger partial charge in [-0.25, -0.2) is 9.97 Å². The molecule has 2 fully saturated rings. The lowest BCUT2D eigenvalue weighted by molar-refractivity contribution is 0.102. The fraction of sp³-hybridized carbons (Fsp3) is 0.458. The van der Waals surface area contributed by atoms with Crippen molar-refractivity contribution in [2.24, 2.45) is 0 Å². The summed E-state index contributed by atoms with van der Waals surface area (Å²) in [7, 11) is 1.54. The summed E-state index contributed by atoms with van der Waals surface area (Å²) in [5.74, 6) is 0.202. The lowest BCUT2D eigenvalue weighted by Crippen LogP contribution is -2.50. The van der Waals surface area contributed by atoms with Crippen LogP contribution in [-0.4, -0.2) is 60.1 Å². The average Bonchev–Trinajstić information content (AvgIpc) is 3.55. The number of hydrogen-bond donors (Lipinski definition) is 1. The van der Waals surface area contributed by atoms with E-state index in [1.165, 1.54) is 32.1 Å². The molecular formula is C24H29N5O2S2. The number of thiazole rings is 1. The van der Waals surface area contributed by atoms with Crippen LogP contribution in [-0.2, 0) is 0 Å². The van der Waals surface area contributed by atoms with Crippen LogP contribution in [0.5, 0.6) is 5.88 Å². The highest BCUT2D eigenvalue weighted by Gasteiger charge is 2.28. The highest BCUT2D eigenvalue weighted by atomic mass is 32.1. The van der Waals surface area contributed by atoms with Gasteiger partial charge in [-0.2, -0.15) is 0 Å². The molecule has 0 atom stereocenters. The van der Waals surface area contributed by atoms with E-state index in [9.17, 15) is 4.79 Å². The van der Waals surface area contributed by atoms with Gasteiger partial charge in [0.05, 0.1) is 12.0 Å². The maximum absolute atomic E-state index is 12.8. The van der Waals surface area contributed by atoms with Gasteiger partial charge in [0.1, 0.15) is 10.7 Å². The molecule has 1 amide bonds. The molecule has 3 aromatic heterocycles. The van der Waals surface area contributed by atoms with Crippen LogP contribution >= 0.6 is 22.7 Å². The van der Waals surface area contributed by atoms with Crippen LogP contribution in [0.4, 0.5) is 10.1 Å². The van der Waals surface area contributed by atoms with Crippen molar-refractivity contribution in [3.05, 3.63) is 41.4 Å². The zero-order valence-electron chi connectivity index (χ0n) is 18.8. The van der Waals surface area contributed by atoms with Gasteiger partial charge in [-0.3, -0.25) is 15.0 Å². The van der Waals surface area contributed by atoms with Crippen molar-refractivity contribution in [3.63, 3.8) is 0 Å². The predicted molar refractivity (Wildman–Crippen MR) is 135 cm³/mol. The summed E-state index contributed by atoms with van der Waals surface area (Å²) in [6.07, 6.45) is 8.39. The van der Waals surface area contributed by atoms with E-state index in [-0.39, 0.29) is 5.91 Å². The number of carbonyl (C=O) groups is 1. The molecule has 1 aliphatic carbocycles. The number of nitrogens with zero attached hydrogens (tertiary/aromatic N) is 4. The fourth-order valence-electron chi connectivity index (χ4n) is 4.72. The minimum atomic E-state index is -0.212. The molecule has 0 aromatic carbocycles. The quantitative estimate of drug-likeness (QED) is 0.533. The molecule has 5 rings (SSSR count). The first-order valence-electron chi connectivity index (χ1n) is 11.6. The number of nitrogens with one attached hydrogen (secondary N) is 1. The van der Waals surface area contributed by atoms with Crippen LogP contribution in [0.2, 0.25) is 0 Å². The molecule has 0 spiro atoms. The van der Waals surface area contributed by atoms with Crippen LogP contribution in [0.25, 0.3) is 10.6 Å². The van der Waals surface area contributed by atoms with E-state index < -0.39 is 0 Å². The Morgan fingerprint density at radius 3 is 2.70 bits per heavy atom. The highest BCUT2D eigenvalue weighted by molar-refractivity contribution is 7.21. The second-order valence-corrected chi connectivity index (χ2v) is 10.4. The number of anilines is 2. The first-order valence-corrected chi connectivity index (χ1v) is 13.3. The topological polar surface area (TPSA) is 70.6 Å². The molecule has 0 unspecified atom stereocenters. The smallest absolute Gasteiger partial charge is 0.257 e. The number of methoxy groups -OCH3 is 1. The molecule has 1 saturated heterocycles. The lowest BCUT2D eigenvalue weighted by atomic mass is 9.94. The van der Waals surface area contributed by atoms with Gasteiger partial charge in [-0.1, -0.05) is 36.7 Å². The molecule has 4 heterocycles. The van der Waals surface area contributed by atoms with Crippen molar-refractivity contribution >= 4 is 38.7 Å². The first-order chi connectivity index (χ1) is 16.2. The van der Waals surface area contributed by atoms with E-state index in [1.54, 1.807) is 48.1 Å². The Labute approximate surface area is 202 Å². The van der Waals surface area contributed by atoms with E-state index in [4.69, 9.17) is 9.72 Å². The average molecular weight is 484 g/mol. The highest BCUT2D eigenvalue weighted by Crippen LogP contribution is 2.41. The molecule has 1 saturated carbocycles. The summed E-state index contributed by atoms with van der Waals surface area (Å²) in [5, 5.41) is 6.81. The SMILES string of the molecule is COc1cc(C(=O)Nc2nc(-c3cccs3)c(N3CCN(C4CCCCC4)CC3)s2)ccn1. The van der Waals surface area contributed by atoms with Crippen LogP contribution in [0, 0.1) is 0 Å². The molecule has 7 nitrogen and oxygen atoms in total. The summed E-state index contributed by atoms with van der Waals surface area (Å²) >= 11 is 3.24. The number of ether oxygens (including phenoxy) is 1. The van der Waals surface area contributed by atoms with Gasteiger partial charge in [0, 0.05) is 50.0 Å². The Kier molecular flexibility index (Phi) is 6.89. The number of pyridine rings is 1. The molecule has 1 aliphatic heterocycles. The maximum atomic E-state index is 12.8. The Bertz CT molecular complexity index is 1070. The van der Waals surface area contributed by atoms with E-state index in [1.807, 2.05) is 6.07 Å². The van der Waals surface area contributed by atoms with Crippen LogP contribution < -0.4 is 15.0 Å². The number of rotatable bonds is 6. The van der Waals surface area contributed by atoms with E-state index in [2.05, 4.69) is 31.5 Å². The number of thiophene rings is 1. The number of carbonyl (C=O) groups excluding carboxylic acids is 1. The molecule has 1 N–H and O–H groups in total. The largest absolute Gasteiger partial charge is 0.481 e. The van der Waals surface area contributed by atoms with Crippen molar-refractivity contribution in [1.82, 2.24) is 14.9 Å². The molecule has 33 heavy (non-hydrogen) atoms. The minimum Gasteiger partial charge on any atom is -0.481 e. The molecule has 9 heteroatoms. The molecule has 0 bridgehead atoms. The fourth-order valence-corrected chi connectivity index (χ4v) is 6.53. The monoisotopic (exact) mass is 483 g/mol. The van der Waals surface area contributed by atoms with Crippen molar-refractivity contribution in [3.8, 4) is 16.5 Å². The summed E-state index contributed by atoms with van der Waals surface area (Å²) in [6.45, 7) is 4.16. The van der Waals surface area contributed by atoms with Gasteiger partial charge in [0.25, 0.3) is 5.91 Å². The van der Waals surface area contributed by atoms with E-state index in [0.717, 1.165) is 47.8 Å². The molecule has 2 aliphatic rings. The van der Waals surface area contributed by atoms with Crippen molar-refractivity contribution in [2.45, 2.75) is 38.1 Å². The minimum absolute atomic E-state index is 0.212. The third-order valence-corrected chi connectivity index (χ3v) is 8.39. The number of hydrogen-bond acceptors (Lipinski definition) is 8. The normalized spacial score (nSPS) is 17.8. The molecular weight excluding hydrogens is 454 g/mol. The summed E-state index contributed by atoms with van der Waals surface area (Å²) in [6, 6.07) is 8.21. The van der Waals surface area contributed by atoms with E-state index in [0.29, 0.717) is 16.6 Å². The van der Waals surface area contributed by atoms with Gasteiger partial charge in [0.2, 0.25) is 5.88 Å². The zero-order chi connectivity index (χ0) is 22.6. The van der Waals surface area contributed by atoms with Crippen molar-refractivity contribution in [1.29, 1.82) is 0 Å². The predicted octanol–water partition coefficient (Wildman–Crippen LogP) is 4.98. The lowest BCUT2D eigenvalue weighted by Gasteiger charge is -2.41. The number of piperazine rings is 1. The van der Waals surface area contributed by atoms with Gasteiger partial charge in [0.15, 0.2) is 5.13 Å². The van der Waals surface area contributed by atoms with Crippen molar-refractivity contribution in [2.75, 3.05) is 43.5 Å². The Hall–Kier alpha value is -2.49. The van der Waals surface area contributed by atoms with Gasteiger partial charge < -0.3 is 9.64 Å². The van der Waals surface area contributed by atoms with Crippen LogP contribution in [0.15, 0.2) is 35.8 Å². The third-order valence-electron chi connectivity index (χ3n) is 6.48. The number of amides is 1. The van der Waals surface area contributed by atoms with Crippen LogP contribution in [0.1, 0.15) is 42.5 Å². The van der Waals surface area contributed by atoms with E-state index >= 15 is 0 Å². The van der Waals surface area contributed by atoms with Crippen LogP contribution in [0.3, 0.4) is 0 Å². The molecule has 3 aromatic rings. The summed E-state index contributed by atoms with van der Waals surface area (Å²) < 4.78 is 5.15. The van der Waals surface area contributed by atoms with Gasteiger partial charge >= 0.3 is 0 Å². The Balaban J connectivity index is 1.33. The van der Waals surface area contributed by atoms with Crippen molar-refractivity contribution < 1.29 is 9.53 Å². The Morgan fingerprint density at radius 1 is 1.15 bits per heavy atom. The second kappa shape index (κ2) is 10.2. The second-order valence-electron chi connectivity index (χ2n) is 8.51. The molecule has 0 radical (unpaired) electrons. The first kappa shape index (κ1) is 22.3. The molecule has 174 valence electrons. The summed E-state index contributed by atoms with van der Waals surface area (Å²) in [5.41, 5.74) is 1.46. The Morgan fingerprint density at radius 2 is 1.97 bits per heavy atom. The standard InChI is InChI=1S/C24H29N5O2S2/c1-31-20-16-17(9-10-25-20)22(30)27-24-26-21(19-8-5-15-32-19)23(33-24)29-13-11-28(12-14-29)18-6-3-2-4-7-18/h5,8-10,15-16,18H,2-4,6-7,11-14H2,1H3,(H,26,27,30). The van der Waals surface area contributed by atoms with Gasteiger partial charge in [-0.15, -0.1) is 11.3 Å². The summed E-state index contributed by atoms with van der Waals surface area (Å²) in [4.78, 5) is 28.0. The number of aromatic nitrogens is 2. The zero-order valence-corrected chi connectivity index (χ0v) is 20.5.